The lowest BCUT2D eigenvalue weighted by atomic mass is 9.89. The third kappa shape index (κ3) is 2.91. The summed E-state index contributed by atoms with van der Waals surface area (Å²) in [4.78, 5) is 0. The van der Waals surface area contributed by atoms with E-state index in [0.29, 0.717) is 11.8 Å². The van der Waals surface area contributed by atoms with Gasteiger partial charge < -0.3 is 10.1 Å². The fourth-order valence-corrected chi connectivity index (χ4v) is 1.84. The predicted octanol–water partition coefficient (Wildman–Crippen LogP) is 2.83. The summed E-state index contributed by atoms with van der Waals surface area (Å²) in [5, 5.41) is 3.09. The van der Waals surface area contributed by atoms with Gasteiger partial charge in [0, 0.05) is 6.04 Å². The van der Waals surface area contributed by atoms with Crippen LogP contribution in [0.2, 0.25) is 0 Å². The van der Waals surface area contributed by atoms with Crippen LogP contribution in [-0.4, -0.2) is 19.2 Å². The molecular formula is C12H14F3NO. The summed E-state index contributed by atoms with van der Waals surface area (Å²) in [6, 6.07) is 5.44. The second kappa shape index (κ2) is 4.56. The minimum atomic E-state index is -4.31. The molecule has 0 bridgehead atoms. The summed E-state index contributed by atoms with van der Waals surface area (Å²) in [6.45, 7) is 0. The number of rotatable bonds is 3. The first-order chi connectivity index (χ1) is 7.99. The predicted molar refractivity (Wildman–Crippen MR) is 57.9 cm³/mol. The average Bonchev–Trinajstić information content (AvgIpc) is 2.22. The van der Waals surface area contributed by atoms with Crippen LogP contribution in [0.1, 0.15) is 18.4 Å². The molecule has 1 aromatic rings. The second-order valence-electron chi connectivity index (χ2n) is 4.22. The molecule has 1 fully saturated rings. The fraction of sp³-hybridized carbons (Fsp3) is 0.500. The third-order valence-electron chi connectivity index (χ3n) is 2.97. The van der Waals surface area contributed by atoms with Gasteiger partial charge in [-0.3, -0.25) is 0 Å². The van der Waals surface area contributed by atoms with E-state index in [1.54, 1.807) is 6.07 Å². The van der Waals surface area contributed by atoms with Crippen molar-refractivity contribution in [2.24, 2.45) is 0 Å². The van der Waals surface area contributed by atoms with Gasteiger partial charge in [0.15, 0.2) is 0 Å². The number of hydrogen-bond donors (Lipinski definition) is 1. The number of halogens is 3. The van der Waals surface area contributed by atoms with Crippen molar-refractivity contribution in [1.82, 2.24) is 5.32 Å². The Hall–Kier alpha value is -1.23. The van der Waals surface area contributed by atoms with Crippen LogP contribution in [0.25, 0.3) is 0 Å². The van der Waals surface area contributed by atoms with Crippen LogP contribution < -0.4 is 10.1 Å². The van der Waals surface area contributed by atoms with E-state index in [0.717, 1.165) is 25.0 Å². The standard InChI is InChI=1S/C12H14F3NO/c1-16-9-6-11(7-9)17-10-4-2-3-8(5-10)12(13,14)15/h2-5,9,11,16H,6-7H2,1H3. The average molecular weight is 245 g/mol. The summed E-state index contributed by atoms with van der Waals surface area (Å²) in [5.41, 5.74) is -0.667. The Morgan fingerprint density at radius 2 is 2.00 bits per heavy atom. The van der Waals surface area contributed by atoms with Crippen molar-refractivity contribution < 1.29 is 17.9 Å². The van der Waals surface area contributed by atoms with Gasteiger partial charge in [0.25, 0.3) is 0 Å². The highest BCUT2D eigenvalue weighted by molar-refractivity contribution is 5.30. The van der Waals surface area contributed by atoms with Crippen LogP contribution in [-0.2, 0) is 6.18 Å². The van der Waals surface area contributed by atoms with E-state index < -0.39 is 11.7 Å². The molecule has 0 radical (unpaired) electrons. The maximum atomic E-state index is 12.5. The van der Waals surface area contributed by atoms with Gasteiger partial charge in [0.1, 0.15) is 11.9 Å². The van der Waals surface area contributed by atoms with E-state index in [4.69, 9.17) is 4.74 Å². The van der Waals surface area contributed by atoms with E-state index in [1.807, 2.05) is 7.05 Å². The Bertz CT molecular complexity index is 386. The fourth-order valence-electron chi connectivity index (χ4n) is 1.84. The SMILES string of the molecule is CNC1CC(Oc2cccc(C(F)(F)F)c2)C1. The number of alkyl halides is 3. The molecule has 1 aliphatic carbocycles. The number of nitrogens with one attached hydrogen (secondary N) is 1. The molecule has 1 saturated carbocycles. The molecule has 0 spiro atoms. The third-order valence-corrected chi connectivity index (χ3v) is 2.97. The number of hydrogen-bond acceptors (Lipinski definition) is 2. The van der Waals surface area contributed by atoms with Gasteiger partial charge in [0.05, 0.1) is 5.56 Å². The van der Waals surface area contributed by atoms with Crippen LogP contribution >= 0.6 is 0 Å². The highest BCUT2D eigenvalue weighted by Gasteiger charge is 2.32. The quantitative estimate of drug-likeness (QED) is 0.884. The molecule has 0 unspecified atom stereocenters. The molecule has 0 aliphatic heterocycles. The minimum Gasteiger partial charge on any atom is -0.490 e. The van der Waals surface area contributed by atoms with Gasteiger partial charge in [0.2, 0.25) is 0 Å². The molecule has 1 N–H and O–H groups in total. The Labute approximate surface area is 97.8 Å². The van der Waals surface area contributed by atoms with E-state index in [-0.39, 0.29) is 6.10 Å². The molecule has 94 valence electrons. The summed E-state index contributed by atoms with van der Waals surface area (Å²) in [6.07, 6.45) is -2.61. The van der Waals surface area contributed by atoms with Crippen LogP contribution in [0.15, 0.2) is 24.3 Å². The monoisotopic (exact) mass is 245 g/mol. The summed E-state index contributed by atoms with van der Waals surface area (Å²) in [5.74, 6) is 0.291. The largest absolute Gasteiger partial charge is 0.490 e. The number of ether oxygens (including phenoxy) is 1. The first kappa shape index (κ1) is 12.2. The first-order valence-electron chi connectivity index (χ1n) is 5.50. The molecule has 17 heavy (non-hydrogen) atoms. The van der Waals surface area contributed by atoms with Crippen molar-refractivity contribution in [3.63, 3.8) is 0 Å². The Morgan fingerprint density at radius 3 is 2.59 bits per heavy atom. The van der Waals surface area contributed by atoms with E-state index in [1.165, 1.54) is 6.07 Å². The Balaban J connectivity index is 1.98. The van der Waals surface area contributed by atoms with Gasteiger partial charge in [-0.2, -0.15) is 13.2 Å². The first-order valence-corrected chi connectivity index (χ1v) is 5.50. The minimum absolute atomic E-state index is 0.0240. The van der Waals surface area contributed by atoms with Crippen molar-refractivity contribution in [2.45, 2.75) is 31.2 Å². The maximum Gasteiger partial charge on any atom is 0.416 e. The van der Waals surface area contributed by atoms with Crippen molar-refractivity contribution in [1.29, 1.82) is 0 Å². The van der Waals surface area contributed by atoms with Crippen LogP contribution in [0.3, 0.4) is 0 Å². The zero-order valence-electron chi connectivity index (χ0n) is 9.42. The molecule has 1 aliphatic rings. The van der Waals surface area contributed by atoms with Crippen LogP contribution in [0.4, 0.5) is 13.2 Å². The Kier molecular flexibility index (Phi) is 3.28. The smallest absolute Gasteiger partial charge is 0.416 e. The molecule has 0 heterocycles. The maximum absolute atomic E-state index is 12.5. The van der Waals surface area contributed by atoms with E-state index in [2.05, 4.69) is 5.32 Å². The van der Waals surface area contributed by atoms with Crippen LogP contribution in [0.5, 0.6) is 5.75 Å². The molecule has 1 aromatic carbocycles. The van der Waals surface area contributed by atoms with Gasteiger partial charge in [-0.15, -0.1) is 0 Å². The topological polar surface area (TPSA) is 21.3 Å². The van der Waals surface area contributed by atoms with Crippen molar-refractivity contribution >= 4 is 0 Å². The zero-order chi connectivity index (χ0) is 12.5. The molecule has 0 amide bonds. The van der Waals surface area contributed by atoms with Gasteiger partial charge in [-0.05, 0) is 38.1 Å². The van der Waals surface area contributed by atoms with Crippen molar-refractivity contribution in [3.05, 3.63) is 29.8 Å². The highest BCUT2D eigenvalue weighted by atomic mass is 19.4. The molecular weight excluding hydrogens is 231 g/mol. The zero-order valence-corrected chi connectivity index (χ0v) is 9.42. The second-order valence-corrected chi connectivity index (χ2v) is 4.22. The van der Waals surface area contributed by atoms with Gasteiger partial charge >= 0.3 is 6.18 Å². The lowest BCUT2D eigenvalue weighted by Crippen LogP contribution is -2.45. The van der Waals surface area contributed by atoms with E-state index >= 15 is 0 Å². The molecule has 0 aromatic heterocycles. The van der Waals surface area contributed by atoms with Crippen molar-refractivity contribution in [2.75, 3.05) is 7.05 Å². The summed E-state index contributed by atoms with van der Waals surface area (Å²) >= 11 is 0. The summed E-state index contributed by atoms with van der Waals surface area (Å²) < 4.78 is 42.8. The number of benzene rings is 1. The highest BCUT2D eigenvalue weighted by Crippen LogP contribution is 2.33. The van der Waals surface area contributed by atoms with E-state index in [9.17, 15) is 13.2 Å². The van der Waals surface area contributed by atoms with Gasteiger partial charge in [-0.1, -0.05) is 6.07 Å². The molecule has 2 nitrogen and oxygen atoms in total. The summed E-state index contributed by atoms with van der Waals surface area (Å²) in [7, 11) is 1.87. The molecule has 0 atom stereocenters. The lowest BCUT2D eigenvalue weighted by molar-refractivity contribution is -0.137. The van der Waals surface area contributed by atoms with Gasteiger partial charge in [-0.25, -0.2) is 0 Å². The van der Waals surface area contributed by atoms with Crippen molar-refractivity contribution in [3.8, 4) is 5.75 Å². The molecule has 2 rings (SSSR count). The molecule has 5 heteroatoms. The lowest BCUT2D eigenvalue weighted by Gasteiger charge is -2.35. The van der Waals surface area contributed by atoms with Crippen LogP contribution in [0, 0.1) is 0 Å². The molecule has 0 saturated heterocycles. The Morgan fingerprint density at radius 1 is 1.29 bits per heavy atom. The normalized spacial score (nSPS) is 24.2.